The lowest BCUT2D eigenvalue weighted by Gasteiger charge is -2.13. The molecule has 668 valence electrons. The molecule has 0 spiro atoms. The maximum atomic E-state index is 11.8. The van der Waals surface area contributed by atoms with Gasteiger partial charge in [-0.15, -0.1) is 0 Å². The molecular weight excluding hydrogens is 1680 g/mol. The van der Waals surface area contributed by atoms with Gasteiger partial charge in [0, 0.05) is 77.6 Å². The Morgan fingerprint density at radius 2 is 0.823 bits per heavy atom. The van der Waals surface area contributed by atoms with Crippen molar-refractivity contribution in [2.24, 2.45) is 0 Å². The van der Waals surface area contributed by atoms with Gasteiger partial charge >= 0.3 is 6.18 Å². The summed E-state index contributed by atoms with van der Waals surface area (Å²) in [6, 6.07) is 3.25. The molecule has 0 atom stereocenters. The van der Waals surface area contributed by atoms with E-state index in [2.05, 4.69) is 31.4 Å². The van der Waals surface area contributed by atoms with Crippen LogP contribution < -0.4 is 0 Å². The Morgan fingerprint density at radius 3 is 1.02 bits per heavy atom. The van der Waals surface area contributed by atoms with Crippen molar-refractivity contribution in [2.45, 2.75) is 238 Å². The number of ether oxygens (including phenoxy) is 1. The van der Waals surface area contributed by atoms with Crippen molar-refractivity contribution in [2.75, 3.05) is 74.6 Å². The summed E-state index contributed by atoms with van der Waals surface area (Å²) in [7, 11) is -22.8. The number of hydrogen-bond donors (Lipinski definition) is 0. The van der Waals surface area contributed by atoms with Crippen LogP contribution in [0.2, 0.25) is 0 Å². The van der Waals surface area contributed by atoms with Crippen molar-refractivity contribution >= 4 is 98.4 Å². The van der Waals surface area contributed by atoms with E-state index < -0.39 is 130 Å². The average molecular weight is 1820 g/mol. The van der Waals surface area contributed by atoms with Crippen LogP contribution in [-0.4, -0.2) is 242 Å². The van der Waals surface area contributed by atoms with Gasteiger partial charge in [-0.2, -0.15) is 23.5 Å². The number of likely N-dealkylation sites (N-methyl/N-ethyl adjacent to an activating group) is 3. The zero-order chi connectivity index (χ0) is 92.4. The normalized spacial score (nSPS) is 12.7. The number of alkyl halides is 3. The van der Waals surface area contributed by atoms with Crippen LogP contribution in [0.1, 0.15) is 173 Å². The molecule has 0 aliphatic rings. The lowest BCUT2D eigenvalue weighted by Crippen LogP contribution is -2.25. The quantitative estimate of drug-likeness (QED) is 0.0477. The van der Waals surface area contributed by atoms with Crippen molar-refractivity contribution in [3.63, 3.8) is 0 Å². The molecule has 0 N–H and O–H groups in total. The highest BCUT2D eigenvalue weighted by Crippen LogP contribution is 2.30. The molecule has 0 aromatic carbocycles. The maximum absolute atomic E-state index is 11.8. The minimum atomic E-state index is -4.86. The Bertz CT molecular complexity index is 4350. The molecule has 0 radical (unpaired) electrons. The van der Waals surface area contributed by atoms with Crippen molar-refractivity contribution in [3.8, 4) is 6.07 Å². The smallest absolute Gasteiger partial charge is 0.383 e. The molecule has 0 fully saturated rings. The highest BCUT2D eigenvalue weighted by Gasteiger charge is 2.42. The molecule has 0 amide bonds. The van der Waals surface area contributed by atoms with Crippen molar-refractivity contribution < 1.29 is 106 Å². The van der Waals surface area contributed by atoms with E-state index in [9.17, 15) is 102 Å². The molecule has 0 aliphatic carbocycles. The molecule has 0 saturated heterocycles. The third-order valence-electron chi connectivity index (χ3n) is 13.7. The lowest BCUT2D eigenvalue weighted by molar-refractivity contribution is -0.0842. The van der Waals surface area contributed by atoms with Crippen LogP contribution in [0.4, 0.5) is 17.6 Å². The number of rotatable bonds is 32. The van der Waals surface area contributed by atoms with E-state index in [1.54, 1.807) is 166 Å². The van der Waals surface area contributed by atoms with Crippen molar-refractivity contribution in [1.29, 1.82) is 5.26 Å². The first kappa shape index (κ1) is 126. The number of nitrogens with zero attached hydrogens (tertiary/aromatic N) is 6. The van der Waals surface area contributed by atoms with Crippen LogP contribution in [0, 0.1) is 11.3 Å². The zero-order valence-electron chi connectivity index (χ0n) is 72.0. The maximum Gasteiger partial charge on any atom is 0.426 e. The van der Waals surface area contributed by atoms with Gasteiger partial charge in [0.05, 0.1) is 82.3 Å². The summed E-state index contributed by atoms with van der Waals surface area (Å²) in [5.41, 5.74) is 0.828. The molecule has 1 rings (SSSR count). The molecule has 0 saturated carbocycles. The standard InChI is InChI=1S/C10H21NO3S.C9H14N2O2S.C9H19NO2S.C8H17NO2S.C7H14O2S.C6H9F3O2S.C6H9NO2S.2C6H12O2S.C5H9FO2S/c1-10(2)15(12,13)9-5-6-11(3)7-8-14-4;1-8(2)14(12,13)9(3)7-11-6-4-5-10-11;1-5-10(4)7-6-8-13(11,12)9(2)3;1-8(2)12(10,11)7-5-6-9(3)4;1-6(2)5-10(8,9)7(3)4;1-4(2)12(10,11)5(3)6(7,8)9;1-5(2)10(8,9)6(3)4-7;1-5(2)9(7,8)6(3)4;1-4-5-9(7,8)6(2)3;1-5(2)9(7,8)4-3-6/h5,9-10H,6-8H2,1-4H3;4-6,8H,3,7H2,1-2H3;6,8-9H,5,7H2,1-4H3;5,7-8H,6H2,1-4H3;5,7H,1-4H3;4H,3H2,1-2H3;5H,3H2,1-2H3;6H,1H2,2-4H3;4-6H,1-3H3;3-5H,1-2H3/b9-5+;;8-6+;7-5+;;;;;5-4+;4-3+. The molecule has 27 nitrogen and oxygen atoms in total. The van der Waals surface area contributed by atoms with Gasteiger partial charge in [-0.3, -0.25) is 4.68 Å². The fourth-order valence-corrected chi connectivity index (χ4v) is 12.7. The Morgan fingerprint density at radius 1 is 0.496 bits per heavy atom. The van der Waals surface area contributed by atoms with Crippen LogP contribution in [0.25, 0.3) is 0 Å². The highest BCUT2D eigenvalue weighted by atomic mass is 32.2. The Kier molecular flexibility index (Phi) is 66.8. The molecule has 0 bridgehead atoms. The van der Waals surface area contributed by atoms with Gasteiger partial charge in [0.25, 0.3) is 0 Å². The fraction of sp³-hybridized carbons (Fsp3) is 0.667. The summed E-state index contributed by atoms with van der Waals surface area (Å²) in [6.07, 6.45) is 5.06. The van der Waals surface area contributed by atoms with Gasteiger partial charge in [-0.25, -0.2) is 88.6 Å². The number of sulfone groups is 10. The van der Waals surface area contributed by atoms with Crippen LogP contribution in [0.5, 0.6) is 0 Å². The van der Waals surface area contributed by atoms with Crippen LogP contribution in [0.3, 0.4) is 0 Å². The zero-order valence-corrected chi connectivity index (χ0v) is 80.2. The van der Waals surface area contributed by atoms with E-state index in [0.717, 1.165) is 18.7 Å². The predicted octanol–water partition coefficient (Wildman–Crippen LogP) is 12.7. The van der Waals surface area contributed by atoms with E-state index in [1.165, 1.54) is 87.7 Å². The fourth-order valence-electron chi connectivity index (χ4n) is 5.28. The van der Waals surface area contributed by atoms with Gasteiger partial charge in [0.1, 0.15) is 15.9 Å². The number of methoxy groups -OCH3 is 1. The van der Waals surface area contributed by atoms with Gasteiger partial charge < -0.3 is 19.4 Å². The van der Waals surface area contributed by atoms with E-state index >= 15 is 0 Å². The van der Waals surface area contributed by atoms with Gasteiger partial charge in [0.15, 0.2) is 98.4 Å². The summed E-state index contributed by atoms with van der Waals surface area (Å²) in [5, 5.41) is 14.6. The van der Waals surface area contributed by atoms with E-state index in [1.807, 2.05) is 49.8 Å². The number of halogens is 4. The van der Waals surface area contributed by atoms with Crippen LogP contribution in [-0.2, 0) is 110 Å². The number of allylic oxidation sites excluding steroid dienone is 6. The molecular formula is C72H136F4N6O21S10. The largest absolute Gasteiger partial charge is 0.426 e. The van der Waals surface area contributed by atoms with E-state index in [4.69, 9.17) is 10.00 Å². The third kappa shape index (κ3) is 62.1. The van der Waals surface area contributed by atoms with E-state index in [0.29, 0.717) is 31.6 Å². The minimum absolute atomic E-state index is 0.0370. The average Bonchev–Trinajstić information content (AvgIpc) is 1.10. The van der Waals surface area contributed by atoms with Gasteiger partial charge in [-0.1, -0.05) is 63.1 Å². The Labute approximate surface area is 681 Å². The minimum Gasteiger partial charge on any atom is -0.383 e. The first-order chi connectivity index (χ1) is 50.4. The van der Waals surface area contributed by atoms with Crippen LogP contribution in [0.15, 0.2) is 133 Å². The number of nitriles is 1. The molecule has 1 heterocycles. The Hall–Kier alpha value is -4.84. The second-order valence-electron chi connectivity index (χ2n) is 27.5. The van der Waals surface area contributed by atoms with Crippen molar-refractivity contribution in [1.82, 2.24) is 24.5 Å². The summed E-state index contributed by atoms with van der Waals surface area (Å²) < 4.78 is 275. The lowest BCUT2D eigenvalue weighted by atomic mass is 10.4. The third-order valence-corrected chi connectivity index (χ3v) is 33.8. The van der Waals surface area contributed by atoms with Crippen molar-refractivity contribution in [3.05, 3.63) is 133 Å². The summed E-state index contributed by atoms with van der Waals surface area (Å²) >= 11 is 0. The summed E-state index contributed by atoms with van der Waals surface area (Å²) in [5.74, 6) is 0. The van der Waals surface area contributed by atoms with E-state index in [-0.39, 0.29) is 59.1 Å². The molecule has 1 aromatic heterocycles. The second-order valence-corrected chi connectivity index (χ2v) is 52.2. The SMILES string of the molecule is C/C=C/S(=O)(=O)C(C)C.C=C(C#N)S(=O)(=O)C(C)C.C=C(C(F)(F)F)S(=O)(=O)C(C)C.C=C(C)S(=O)(=O)C(C)C.C=C(Cn1cccn1)S(=O)(=O)C(C)C.CC(C)=CS(=O)(=O)C(C)C.CC(C)S(=O)(=O)/C=C/CN(C)C.CC(C)S(=O)(=O)/C=C/F.CCN(C)C/C=C/S(=O)(=O)C(C)C.COCCN(C)C/C=C/S(=O)(=O)C(C)C. The number of aromatic nitrogens is 2. The van der Waals surface area contributed by atoms with Gasteiger partial charge in [0.2, 0.25) is 0 Å². The molecule has 1 aromatic rings. The molecule has 0 unspecified atom stereocenters. The predicted molar refractivity (Wildman–Crippen MR) is 460 cm³/mol. The monoisotopic (exact) mass is 1820 g/mol. The first-order valence-electron chi connectivity index (χ1n) is 35.0. The topological polar surface area (TPSA) is 402 Å². The molecule has 41 heteroatoms. The number of hydrogen-bond acceptors (Lipinski definition) is 26. The summed E-state index contributed by atoms with van der Waals surface area (Å²) in [6.45, 7) is 57.6. The molecule has 0 aliphatic heterocycles. The summed E-state index contributed by atoms with van der Waals surface area (Å²) in [4.78, 5) is 4.36. The van der Waals surface area contributed by atoms with Gasteiger partial charge in [-0.05, 0) is 207 Å². The van der Waals surface area contributed by atoms with Crippen LogP contribution >= 0.6 is 0 Å². The second kappa shape index (κ2) is 59.8. The highest BCUT2D eigenvalue weighted by molar-refractivity contribution is 7.97. The molecule has 113 heavy (non-hydrogen) atoms. The first-order valence-corrected chi connectivity index (χ1v) is 50.8. The Balaban J connectivity index is -0.000000153.